The Labute approximate surface area is 120 Å². The highest BCUT2D eigenvalue weighted by molar-refractivity contribution is 7.18. The molecule has 0 unspecified atom stereocenters. The smallest absolute Gasteiger partial charge is 0.303 e. The molecule has 0 saturated carbocycles. The average Bonchev–Trinajstić information content (AvgIpc) is 2.61. The minimum Gasteiger partial charge on any atom is -0.481 e. The number of rotatable bonds is 5. The number of fused-ring (bicyclic) bond motifs is 1. The molecule has 2 rings (SSSR count). The molecule has 0 atom stereocenters. The summed E-state index contributed by atoms with van der Waals surface area (Å²) in [4.78, 5) is 21.4. The molecular formula is C13H15ClN2O2S. The van der Waals surface area contributed by atoms with Crippen LogP contribution < -0.4 is 0 Å². The number of carboxylic acids is 1. The lowest BCUT2D eigenvalue weighted by atomic mass is 10.2. The van der Waals surface area contributed by atoms with Crippen LogP contribution in [-0.2, 0) is 11.2 Å². The number of hydrogen-bond donors (Lipinski definition) is 1. The summed E-state index contributed by atoms with van der Waals surface area (Å²) in [6.45, 7) is 4.07. The van der Waals surface area contributed by atoms with E-state index in [9.17, 15) is 4.79 Å². The van der Waals surface area contributed by atoms with Crippen molar-refractivity contribution in [1.82, 2.24) is 9.97 Å². The molecule has 102 valence electrons. The van der Waals surface area contributed by atoms with E-state index in [0.717, 1.165) is 22.2 Å². The van der Waals surface area contributed by atoms with E-state index in [1.807, 2.05) is 13.8 Å². The lowest BCUT2D eigenvalue weighted by Gasteiger charge is -2.02. The van der Waals surface area contributed by atoms with Crippen molar-refractivity contribution in [2.75, 3.05) is 0 Å². The van der Waals surface area contributed by atoms with E-state index in [4.69, 9.17) is 16.7 Å². The zero-order valence-electron chi connectivity index (χ0n) is 10.9. The van der Waals surface area contributed by atoms with E-state index in [1.54, 1.807) is 11.3 Å². The second-order valence-corrected chi connectivity index (χ2v) is 6.06. The van der Waals surface area contributed by atoms with Crippen LogP contribution in [0.4, 0.5) is 0 Å². The third-order valence-corrected chi connectivity index (χ3v) is 4.45. The van der Waals surface area contributed by atoms with Crippen molar-refractivity contribution in [1.29, 1.82) is 0 Å². The van der Waals surface area contributed by atoms with Crippen LogP contribution in [0.15, 0.2) is 0 Å². The van der Waals surface area contributed by atoms with Gasteiger partial charge in [-0.2, -0.15) is 0 Å². The predicted molar refractivity (Wildman–Crippen MR) is 77.1 cm³/mol. The molecule has 0 radical (unpaired) electrons. The number of aliphatic carboxylic acids is 1. The van der Waals surface area contributed by atoms with E-state index in [0.29, 0.717) is 23.8 Å². The fraction of sp³-hybridized carbons (Fsp3) is 0.462. The van der Waals surface area contributed by atoms with Crippen molar-refractivity contribution in [3.63, 3.8) is 0 Å². The molecule has 0 aliphatic rings. The Bertz CT molecular complexity index is 625. The SMILES string of the molecule is Cc1sc2nc(CCCCC(=O)O)nc(Cl)c2c1C. The normalized spacial score (nSPS) is 11.1. The molecule has 0 aliphatic heterocycles. The maximum absolute atomic E-state index is 10.4. The number of nitrogens with zero attached hydrogens (tertiary/aromatic N) is 2. The maximum atomic E-state index is 10.4. The first-order valence-corrected chi connectivity index (χ1v) is 7.32. The van der Waals surface area contributed by atoms with E-state index in [2.05, 4.69) is 9.97 Å². The molecule has 4 nitrogen and oxygen atoms in total. The van der Waals surface area contributed by atoms with Gasteiger partial charge in [0, 0.05) is 17.7 Å². The van der Waals surface area contributed by atoms with E-state index >= 15 is 0 Å². The van der Waals surface area contributed by atoms with Crippen LogP contribution in [0.3, 0.4) is 0 Å². The summed E-state index contributed by atoms with van der Waals surface area (Å²) in [7, 11) is 0. The Kier molecular flexibility index (Phi) is 4.37. The molecule has 0 aromatic carbocycles. The van der Waals surface area contributed by atoms with Gasteiger partial charge in [0.15, 0.2) is 0 Å². The lowest BCUT2D eigenvalue weighted by molar-refractivity contribution is -0.137. The number of unbranched alkanes of at least 4 members (excludes halogenated alkanes) is 1. The van der Waals surface area contributed by atoms with Crippen LogP contribution in [0.1, 0.15) is 35.5 Å². The zero-order valence-corrected chi connectivity index (χ0v) is 12.4. The molecule has 1 N–H and O–H groups in total. The van der Waals surface area contributed by atoms with Crippen molar-refractivity contribution >= 4 is 39.1 Å². The van der Waals surface area contributed by atoms with Crippen LogP contribution in [0.2, 0.25) is 5.15 Å². The number of halogens is 1. The van der Waals surface area contributed by atoms with Crippen molar-refractivity contribution in [2.24, 2.45) is 0 Å². The van der Waals surface area contributed by atoms with E-state index < -0.39 is 5.97 Å². The molecule has 0 bridgehead atoms. The third-order valence-electron chi connectivity index (χ3n) is 3.07. The van der Waals surface area contributed by atoms with Crippen LogP contribution >= 0.6 is 22.9 Å². The summed E-state index contributed by atoms with van der Waals surface area (Å²) in [6, 6.07) is 0. The van der Waals surface area contributed by atoms with Gasteiger partial charge in [0.25, 0.3) is 0 Å². The summed E-state index contributed by atoms with van der Waals surface area (Å²) in [5.74, 6) is -0.0666. The highest BCUT2D eigenvalue weighted by Gasteiger charge is 2.13. The topological polar surface area (TPSA) is 63.1 Å². The van der Waals surface area contributed by atoms with Gasteiger partial charge >= 0.3 is 5.97 Å². The molecule has 2 aromatic heterocycles. The number of carboxylic acid groups (broad SMARTS) is 1. The third kappa shape index (κ3) is 3.22. The van der Waals surface area contributed by atoms with Gasteiger partial charge in [0.05, 0.1) is 5.39 Å². The molecule has 2 aromatic rings. The Morgan fingerprint density at radius 2 is 2.05 bits per heavy atom. The van der Waals surface area contributed by atoms with Gasteiger partial charge in [0.1, 0.15) is 15.8 Å². The van der Waals surface area contributed by atoms with Crippen LogP contribution in [0.5, 0.6) is 0 Å². The van der Waals surface area contributed by atoms with Gasteiger partial charge in [-0.3, -0.25) is 4.79 Å². The zero-order chi connectivity index (χ0) is 14.0. The standard InChI is InChI=1S/C13H15ClN2O2S/c1-7-8(2)19-13-11(7)12(14)15-9(16-13)5-3-4-6-10(17)18/h3-6H2,1-2H3,(H,17,18). The highest BCUT2D eigenvalue weighted by atomic mass is 35.5. The van der Waals surface area contributed by atoms with Crippen LogP contribution in [0.25, 0.3) is 10.2 Å². The minimum atomic E-state index is -0.765. The maximum Gasteiger partial charge on any atom is 0.303 e. The molecular weight excluding hydrogens is 284 g/mol. The van der Waals surface area contributed by atoms with E-state index in [-0.39, 0.29) is 6.42 Å². The first-order valence-electron chi connectivity index (χ1n) is 6.13. The molecule has 0 fully saturated rings. The number of aryl methyl sites for hydroxylation is 3. The monoisotopic (exact) mass is 298 g/mol. The van der Waals surface area contributed by atoms with Crippen molar-refractivity contribution in [3.05, 3.63) is 21.4 Å². The molecule has 0 amide bonds. The van der Waals surface area contributed by atoms with Crippen molar-refractivity contribution in [3.8, 4) is 0 Å². The van der Waals surface area contributed by atoms with Gasteiger partial charge < -0.3 is 5.11 Å². The number of thiophene rings is 1. The molecule has 0 saturated heterocycles. The molecule has 0 aliphatic carbocycles. The van der Waals surface area contributed by atoms with Gasteiger partial charge in [0.2, 0.25) is 0 Å². The number of hydrogen-bond acceptors (Lipinski definition) is 4. The Balaban J connectivity index is 2.15. The molecule has 0 spiro atoms. The summed E-state index contributed by atoms with van der Waals surface area (Å²) in [6.07, 6.45) is 2.25. The molecule has 19 heavy (non-hydrogen) atoms. The summed E-state index contributed by atoms with van der Waals surface area (Å²) in [5.41, 5.74) is 1.14. The average molecular weight is 299 g/mol. The second-order valence-electron chi connectivity index (χ2n) is 4.49. The largest absolute Gasteiger partial charge is 0.481 e. The quantitative estimate of drug-likeness (QED) is 0.674. The van der Waals surface area contributed by atoms with Crippen LogP contribution in [0, 0.1) is 13.8 Å². The Morgan fingerprint density at radius 3 is 2.74 bits per heavy atom. The van der Waals surface area contributed by atoms with Crippen molar-refractivity contribution < 1.29 is 9.90 Å². The first-order chi connectivity index (χ1) is 8.99. The molecule has 6 heteroatoms. The fourth-order valence-corrected chi connectivity index (χ4v) is 3.35. The van der Waals surface area contributed by atoms with Gasteiger partial charge in [-0.1, -0.05) is 11.6 Å². The van der Waals surface area contributed by atoms with E-state index in [1.165, 1.54) is 4.88 Å². The number of aromatic nitrogens is 2. The summed E-state index contributed by atoms with van der Waals surface area (Å²) < 4.78 is 0. The highest BCUT2D eigenvalue weighted by Crippen LogP contribution is 2.32. The Morgan fingerprint density at radius 1 is 1.32 bits per heavy atom. The van der Waals surface area contributed by atoms with Gasteiger partial charge in [-0.05, 0) is 32.3 Å². The summed E-state index contributed by atoms with van der Waals surface area (Å²) in [5, 5.41) is 10.0. The Hall–Kier alpha value is -1.20. The molecule has 2 heterocycles. The van der Waals surface area contributed by atoms with Gasteiger partial charge in [-0.15, -0.1) is 11.3 Å². The summed E-state index contributed by atoms with van der Waals surface area (Å²) >= 11 is 7.83. The lowest BCUT2D eigenvalue weighted by Crippen LogP contribution is -1.98. The van der Waals surface area contributed by atoms with Crippen molar-refractivity contribution in [2.45, 2.75) is 39.5 Å². The second kappa shape index (κ2) is 5.84. The predicted octanol–water partition coefficient (Wildman–Crippen LogP) is 3.76. The van der Waals surface area contributed by atoms with Crippen LogP contribution in [-0.4, -0.2) is 21.0 Å². The minimum absolute atomic E-state index is 0.188. The first kappa shape index (κ1) is 14.2. The number of carbonyl (C=O) groups is 1. The fourth-order valence-electron chi connectivity index (χ4n) is 1.91. The van der Waals surface area contributed by atoms with Gasteiger partial charge in [-0.25, -0.2) is 9.97 Å².